The fraction of sp³-hybridized carbons (Fsp3) is 0.571. The van der Waals surface area contributed by atoms with Gasteiger partial charge >= 0.3 is 0 Å². The Morgan fingerprint density at radius 2 is 1.86 bits per heavy atom. The van der Waals surface area contributed by atoms with Gasteiger partial charge < -0.3 is 18.5 Å². The first-order valence-electron chi connectivity index (χ1n) is 10.1. The van der Waals surface area contributed by atoms with E-state index in [9.17, 15) is 4.79 Å². The molecule has 28 heavy (non-hydrogen) atoms. The van der Waals surface area contributed by atoms with Gasteiger partial charge in [-0.1, -0.05) is 18.2 Å². The molecule has 0 aromatic heterocycles. The number of ether oxygens (including phenoxy) is 1. The molecule has 1 amide bonds. The molecule has 1 aromatic rings. The molecule has 0 radical (unpaired) electrons. The number of nitrogens with zero attached hydrogens (tertiary/aromatic N) is 1. The minimum atomic E-state index is -1.97. The largest absolute Gasteiger partial charge is 0.520 e. The van der Waals surface area contributed by atoms with Crippen LogP contribution in [0.2, 0.25) is 39.3 Å². The summed E-state index contributed by atoms with van der Waals surface area (Å²) >= 11 is 0. The summed E-state index contributed by atoms with van der Waals surface area (Å²) in [4.78, 5) is 15.1. The first-order valence-corrected chi connectivity index (χ1v) is 16.9. The number of carbonyl (C=O) groups is 1. The number of rotatable bonds is 7. The molecule has 3 rings (SSSR count). The van der Waals surface area contributed by atoms with Crippen molar-refractivity contribution in [2.24, 2.45) is 5.92 Å². The SMILES string of the molecule is CCO/C(=C\[C@@H]1CCN2C(=O)c3ccccc3[C@]12O[Si](C)(C)C)O[Si](C)(C)C. The molecular formula is C21H33NO4Si2. The van der Waals surface area contributed by atoms with Gasteiger partial charge in [-0.05, 0) is 58.7 Å². The van der Waals surface area contributed by atoms with E-state index in [1.165, 1.54) is 0 Å². The highest BCUT2D eigenvalue weighted by molar-refractivity contribution is 6.70. The molecule has 7 heteroatoms. The summed E-state index contributed by atoms with van der Waals surface area (Å²) in [7, 11) is -3.80. The summed E-state index contributed by atoms with van der Waals surface area (Å²) in [5.41, 5.74) is 0.969. The number of carbonyl (C=O) groups excluding carboxylic acids is 1. The second kappa shape index (κ2) is 7.35. The van der Waals surface area contributed by atoms with Crippen molar-refractivity contribution in [2.45, 2.75) is 58.4 Å². The van der Waals surface area contributed by atoms with Gasteiger partial charge in [0.2, 0.25) is 8.32 Å². The molecule has 1 saturated heterocycles. The molecule has 0 aliphatic carbocycles. The fourth-order valence-corrected chi connectivity index (χ4v) is 6.16. The van der Waals surface area contributed by atoms with Crippen LogP contribution >= 0.6 is 0 Å². The second-order valence-electron chi connectivity index (χ2n) is 9.44. The van der Waals surface area contributed by atoms with Gasteiger partial charge in [0.1, 0.15) is 0 Å². The molecule has 154 valence electrons. The number of benzene rings is 1. The Hall–Kier alpha value is -1.58. The van der Waals surface area contributed by atoms with Gasteiger partial charge in [-0.25, -0.2) is 0 Å². The first-order chi connectivity index (χ1) is 13.0. The highest BCUT2D eigenvalue weighted by Gasteiger charge is 2.60. The van der Waals surface area contributed by atoms with Crippen LogP contribution in [0.5, 0.6) is 0 Å². The summed E-state index contributed by atoms with van der Waals surface area (Å²) < 4.78 is 18.9. The Labute approximate surface area is 170 Å². The molecule has 0 unspecified atom stereocenters. The predicted molar refractivity (Wildman–Crippen MR) is 116 cm³/mol. The molecular weight excluding hydrogens is 386 g/mol. The highest BCUT2D eigenvalue weighted by Crippen LogP contribution is 2.53. The normalized spacial score (nSPS) is 25.0. The van der Waals surface area contributed by atoms with E-state index >= 15 is 0 Å². The van der Waals surface area contributed by atoms with Crippen molar-refractivity contribution in [2.75, 3.05) is 13.2 Å². The van der Waals surface area contributed by atoms with Gasteiger partial charge in [-0.2, -0.15) is 0 Å². The van der Waals surface area contributed by atoms with Crippen molar-refractivity contribution in [3.05, 3.63) is 47.4 Å². The maximum atomic E-state index is 13.1. The molecule has 1 fully saturated rings. The topological polar surface area (TPSA) is 48.0 Å². The monoisotopic (exact) mass is 419 g/mol. The van der Waals surface area contributed by atoms with Crippen molar-refractivity contribution < 1.29 is 18.4 Å². The predicted octanol–water partition coefficient (Wildman–Crippen LogP) is 4.90. The maximum absolute atomic E-state index is 13.1. The Balaban J connectivity index is 2.11. The van der Waals surface area contributed by atoms with Crippen LogP contribution in [-0.4, -0.2) is 40.6 Å². The molecule has 0 bridgehead atoms. The van der Waals surface area contributed by atoms with E-state index in [1.54, 1.807) is 0 Å². The lowest BCUT2D eigenvalue weighted by Gasteiger charge is -2.41. The minimum Gasteiger partial charge on any atom is -0.520 e. The molecule has 2 heterocycles. The summed E-state index contributed by atoms with van der Waals surface area (Å²) in [5.74, 6) is 0.627. The maximum Gasteiger partial charge on any atom is 0.261 e. The molecule has 2 aliphatic heterocycles. The van der Waals surface area contributed by atoms with E-state index in [0.717, 1.165) is 17.5 Å². The van der Waals surface area contributed by atoms with Crippen LogP contribution in [0.25, 0.3) is 0 Å². The van der Waals surface area contributed by atoms with Crippen LogP contribution in [0.15, 0.2) is 36.3 Å². The van der Waals surface area contributed by atoms with E-state index in [1.807, 2.05) is 36.1 Å². The standard InChI is InChI=1S/C21H33NO4Si2/c1-8-24-19(25-27(2,3)4)15-16-13-14-22-20(23)17-11-9-10-12-18(17)21(16,22)26-28(5,6)7/h9-12,15-16H,8,13-14H2,1-7H3/b19-15+/t16-,21+/m0/s1. The lowest BCUT2D eigenvalue weighted by atomic mass is 9.89. The van der Waals surface area contributed by atoms with Crippen molar-refractivity contribution in [3.63, 3.8) is 0 Å². The van der Waals surface area contributed by atoms with Crippen LogP contribution < -0.4 is 0 Å². The lowest BCUT2D eigenvalue weighted by Crippen LogP contribution is -2.50. The minimum absolute atomic E-state index is 0.00951. The number of amides is 1. The molecule has 2 atom stereocenters. The Bertz CT molecular complexity index is 781. The molecule has 0 N–H and O–H groups in total. The Kier molecular flexibility index (Phi) is 5.55. The molecule has 5 nitrogen and oxygen atoms in total. The summed E-state index contributed by atoms with van der Waals surface area (Å²) in [6, 6.07) is 7.87. The zero-order valence-corrected chi connectivity index (χ0v) is 20.2. The number of hydrogen-bond donors (Lipinski definition) is 0. The Morgan fingerprint density at radius 3 is 2.46 bits per heavy atom. The van der Waals surface area contributed by atoms with E-state index in [0.29, 0.717) is 19.1 Å². The van der Waals surface area contributed by atoms with Crippen molar-refractivity contribution in [3.8, 4) is 0 Å². The summed E-state index contributed by atoms with van der Waals surface area (Å²) in [6.07, 6.45) is 2.90. The van der Waals surface area contributed by atoms with Crippen molar-refractivity contribution in [1.82, 2.24) is 4.90 Å². The lowest BCUT2D eigenvalue weighted by molar-refractivity contribution is -0.0634. The number of fused-ring (bicyclic) bond motifs is 3. The average Bonchev–Trinajstić information content (AvgIpc) is 3.00. The van der Waals surface area contributed by atoms with Gasteiger partial charge in [-0.3, -0.25) is 4.79 Å². The molecule has 1 aromatic carbocycles. The first kappa shape index (κ1) is 21.1. The van der Waals surface area contributed by atoms with Crippen LogP contribution in [0.4, 0.5) is 0 Å². The van der Waals surface area contributed by atoms with E-state index in [2.05, 4.69) is 45.4 Å². The third-order valence-electron chi connectivity index (χ3n) is 4.85. The van der Waals surface area contributed by atoms with Crippen molar-refractivity contribution >= 4 is 22.5 Å². The van der Waals surface area contributed by atoms with Gasteiger partial charge in [0.25, 0.3) is 11.9 Å². The van der Waals surface area contributed by atoms with Gasteiger partial charge in [0, 0.05) is 29.7 Å². The second-order valence-corrected chi connectivity index (χ2v) is 18.3. The average molecular weight is 420 g/mol. The smallest absolute Gasteiger partial charge is 0.261 e. The highest BCUT2D eigenvalue weighted by atomic mass is 28.4. The molecule has 0 spiro atoms. The van der Waals surface area contributed by atoms with Gasteiger partial charge in [0.15, 0.2) is 14.0 Å². The van der Waals surface area contributed by atoms with Crippen molar-refractivity contribution in [1.29, 1.82) is 0 Å². The van der Waals surface area contributed by atoms with E-state index in [4.69, 9.17) is 13.6 Å². The van der Waals surface area contributed by atoms with Crippen LogP contribution in [0, 0.1) is 5.92 Å². The molecule has 2 aliphatic rings. The quantitative estimate of drug-likeness (QED) is 0.466. The third-order valence-corrected chi connectivity index (χ3v) is 6.59. The summed E-state index contributed by atoms with van der Waals surface area (Å²) in [6.45, 7) is 16.1. The van der Waals surface area contributed by atoms with E-state index < -0.39 is 22.4 Å². The zero-order valence-electron chi connectivity index (χ0n) is 18.2. The summed E-state index contributed by atoms with van der Waals surface area (Å²) in [5, 5.41) is 0. The van der Waals surface area contributed by atoms with E-state index in [-0.39, 0.29) is 11.8 Å². The Morgan fingerprint density at radius 1 is 1.18 bits per heavy atom. The van der Waals surface area contributed by atoms with Crippen LogP contribution in [-0.2, 0) is 19.3 Å². The van der Waals surface area contributed by atoms with Crippen LogP contribution in [0.1, 0.15) is 29.3 Å². The van der Waals surface area contributed by atoms with Crippen LogP contribution in [0.3, 0.4) is 0 Å². The fourth-order valence-electron chi connectivity index (χ4n) is 4.12. The van der Waals surface area contributed by atoms with Gasteiger partial charge in [-0.15, -0.1) is 0 Å². The number of hydrogen-bond acceptors (Lipinski definition) is 4. The van der Waals surface area contributed by atoms with Gasteiger partial charge in [0.05, 0.1) is 6.61 Å². The third kappa shape index (κ3) is 3.93. The zero-order chi connectivity index (χ0) is 20.7. The molecule has 0 saturated carbocycles.